The molecule has 1 fully saturated rings. The number of amides is 2. The van der Waals surface area contributed by atoms with Gasteiger partial charge in [-0.2, -0.15) is 5.10 Å². The van der Waals surface area contributed by atoms with E-state index in [1.165, 1.54) is 0 Å². The first-order chi connectivity index (χ1) is 12.7. The highest BCUT2D eigenvalue weighted by Gasteiger charge is 2.29. The van der Waals surface area contributed by atoms with Crippen molar-refractivity contribution in [2.45, 2.75) is 38.3 Å². The van der Waals surface area contributed by atoms with Crippen LogP contribution in [-0.4, -0.2) is 26.3 Å². The highest BCUT2D eigenvalue weighted by molar-refractivity contribution is 5.92. The van der Waals surface area contributed by atoms with E-state index < -0.39 is 0 Å². The Morgan fingerprint density at radius 1 is 1.35 bits per heavy atom. The number of urea groups is 1. The lowest BCUT2D eigenvalue weighted by molar-refractivity contribution is 0.249. The lowest BCUT2D eigenvalue weighted by Crippen LogP contribution is -2.31. The highest BCUT2D eigenvalue weighted by atomic mass is 16.3. The molecule has 2 amide bonds. The minimum absolute atomic E-state index is 0.135. The van der Waals surface area contributed by atoms with Gasteiger partial charge in [0.25, 0.3) is 0 Å². The van der Waals surface area contributed by atoms with Crippen LogP contribution < -0.4 is 10.6 Å². The van der Waals surface area contributed by atoms with Gasteiger partial charge in [-0.25, -0.2) is 9.78 Å². The third kappa shape index (κ3) is 3.25. The van der Waals surface area contributed by atoms with E-state index in [0.29, 0.717) is 22.9 Å². The van der Waals surface area contributed by atoms with Crippen LogP contribution in [0, 0.1) is 0 Å². The molecule has 1 atom stereocenters. The maximum Gasteiger partial charge on any atom is 0.320 e. The smallest absolute Gasteiger partial charge is 0.320 e. The Bertz CT molecular complexity index is 934. The van der Waals surface area contributed by atoms with Crippen molar-refractivity contribution in [3.05, 3.63) is 53.3 Å². The highest BCUT2D eigenvalue weighted by Crippen LogP contribution is 2.42. The first-order valence-electron chi connectivity index (χ1n) is 8.77. The molecule has 26 heavy (non-hydrogen) atoms. The van der Waals surface area contributed by atoms with Crippen LogP contribution >= 0.6 is 0 Å². The quantitative estimate of drug-likeness (QED) is 0.567. The van der Waals surface area contributed by atoms with Gasteiger partial charge in [-0.3, -0.25) is 10.4 Å². The summed E-state index contributed by atoms with van der Waals surface area (Å²) >= 11 is 0. The van der Waals surface area contributed by atoms with Gasteiger partial charge in [-0.1, -0.05) is 30.3 Å². The molecule has 2 heterocycles. The first-order valence-corrected chi connectivity index (χ1v) is 8.77. The topological polar surface area (TPSA) is 103 Å². The van der Waals surface area contributed by atoms with Gasteiger partial charge in [0.2, 0.25) is 0 Å². The molecule has 0 spiro atoms. The summed E-state index contributed by atoms with van der Waals surface area (Å²) in [6, 6.07) is 11.0. The number of hydrogen-bond acceptors (Lipinski definition) is 4. The number of aliphatic hydroxyl groups excluding tert-OH is 1. The number of carbonyl (C=O) groups excluding carboxylic acids is 1. The lowest BCUT2D eigenvalue weighted by atomic mass is 10.1. The number of aromatic nitrogens is 3. The number of benzene rings is 1. The molecule has 0 bridgehead atoms. The maximum absolute atomic E-state index is 12.3. The number of rotatable bonds is 5. The molecule has 4 N–H and O–H groups in total. The van der Waals surface area contributed by atoms with E-state index in [9.17, 15) is 9.90 Å². The second kappa shape index (κ2) is 6.76. The third-order valence-corrected chi connectivity index (χ3v) is 4.66. The van der Waals surface area contributed by atoms with Crippen molar-refractivity contribution in [3.8, 4) is 0 Å². The monoisotopic (exact) mass is 351 g/mol. The summed E-state index contributed by atoms with van der Waals surface area (Å²) in [5.74, 6) is 0.842. The SMILES string of the molecule is C[C@@H](NC(=O)Nc1cc2n[nH]c(C3CC3)c2c(CO)n1)c1ccccc1. The van der Waals surface area contributed by atoms with Crippen LogP contribution in [0.1, 0.15) is 48.7 Å². The largest absolute Gasteiger partial charge is 0.390 e. The number of pyridine rings is 1. The summed E-state index contributed by atoms with van der Waals surface area (Å²) in [5.41, 5.74) is 3.29. The third-order valence-electron chi connectivity index (χ3n) is 4.66. The summed E-state index contributed by atoms with van der Waals surface area (Å²) < 4.78 is 0. The van der Waals surface area contributed by atoms with Crippen molar-refractivity contribution >= 4 is 22.8 Å². The van der Waals surface area contributed by atoms with Crippen molar-refractivity contribution in [2.75, 3.05) is 5.32 Å². The molecule has 4 rings (SSSR count). The molecular formula is C19H21N5O2. The van der Waals surface area contributed by atoms with E-state index in [2.05, 4.69) is 25.8 Å². The normalized spacial score (nSPS) is 15.0. The number of aliphatic hydroxyl groups is 1. The molecular weight excluding hydrogens is 330 g/mol. The zero-order valence-corrected chi connectivity index (χ0v) is 14.5. The van der Waals surface area contributed by atoms with Crippen LogP contribution in [-0.2, 0) is 6.61 Å². The molecule has 7 heteroatoms. The van der Waals surface area contributed by atoms with E-state index in [0.717, 1.165) is 29.5 Å². The molecule has 0 saturated heterocycles. The van der Waals surface area contributed by atoms with Gasteiger partial charge in [0.1, 0.15) is 5.82 Å². The zero-order valence-electron chi connectivity index (χ0n) is 14.5. The number of anilines is 1. The van der Waals surface area contributed by atoms with Crippen molar-refractivity contribution in [2.24, 2.45) is 0 Å². The average Bonchev–Trinajstić information content (AvgIpc) is 3.41. The summed E-state index contributed by atoms with van der Waals surface area (Å²) in [7, 11) is 0. The van der Waals surface area contributed by atoms with Gasteiger partial charge in [0.15, 0.2) is 0 Å². The van der Waals surface area contributed by atoms with Crippen LogP contribution in [0.2, 0.25) is 0 Å². The number of aromatic amines is 1. The van der Waals surface area contributed by atoms with Crippen molar-refractivity contribution < 1.29 is 9.90 Å². The Morgan fingerprint density at radius 2 is 2.12 bits per heavy atom. The van der Waals surface area contributed by atoms with Crippen LogP contribution in [0.3, 0.4) is 0 Å². The number of nitrogens with one attached hydrogen (secondary N) is 3. The van der Waals surface area contributed by atoms with Gasteiger partial charge in [0, 0.05) is 23.1 Å². The zero-order chi connectivity index (χ0) is 18.1. The number of nitrogens with zero attached hydrogens (tertiary/aromatic N) is 2. The number of fused-ring (bicyclic) bond motifs is 1. The Hall–Kier alpha value is -2.93. The fourth-order valence-electron chi connectivity index (χ4n) is 3.16. The molecule has 1 saturated carbocycles. The Kier molecular flexibility index (Phi) is 4.30. The number of H-pyrrole nitrogens is 1. The Morgan fingerprint density at radius 3 is 2.81 bits per heavy atom. The summed E-state index contributed by atoms with van der Waals surface area (Å²) in [6.45, 7) is 1.72. The van der Waals surface area contributed by atoms with Crippen LogP contribution in [0.5, 0.6) is 0 Å². The fourth-order valence-corrected chi connectivity index (χ4v) is 3.16. The summed E-state index contributed by atoms with van der Waals surface area (Å²) in [5, 5.41) is 23.6. The van der Waals surface area contributed by atoms with Gasteiger partial charge in [0.05, 0.1) is 23.9 Å². The van der Waals surface area contributed by atoms with Crippen LogP contribution in [0.4, 0.5) is 10.6 Å². The van der Waals surface area contributed by atoms with Gasteiger partial charge >= 0.3 is 6.03 Å². The predicted molar refractivity (Wildman–Crippen MR) is 98.8 cm³/mol. The van der Waals surface area contributed by atoms with E-state index in [1.54, 1.807) is 6.07 Å². The molecule has 3 aromatic rings. The minimum atomic E-state index is -0.352. The minimum Gasteiger partial charge on any atom is -0.390 e. The Labute approximate surface area is 150 Å². The first kappa shape index (κ1) is 16.5. The predicted octanol–water partition coefficient (Wildman–Crippen LogP) is 3.21. The molecule has 0 unspecified atom stereocenters. The van der Waals surface area contributed by atoms with Gasteiger partial charge in [-0.15, -0.1) is 0 Å². The van der Waals surface area contributed by atoms with Gasteiger partial charge in [-0.05, 0) is 25.3 Å². The number of carbonyl (C=O) groups is 1. The molecule has 2 aromatic heterocycles. The second-order valence-corrected chi connectivity index (χ2v) is 6.65. The lowest BCUT2D eigenvalue weighted by Gasteiger charge is -2.15. The van der Waals surface area contributed by atoms with Crippen molar-refractivity contribution in [3.63, 3.8) is 0 Å². The molecule has 134 valence electrons. The fraction of sp³-hybridized carbons (Fsp3) is 0.316. The van der Waals surface area contributed by atoms with E-state index in [4.69, 9.17) is 0 Å². The van der Waals surface area contributed by atoms with Crippen molar-refractivity contribution in [1.82, 2.24) is 20.5 Å². The summed E-state index contributed by atoms with van der Waals surface area (Å²) in [4.78, 5) is 16.7. The molecule has 1 aliphatic rings. The van der Waals surface area contributed by atoms with Crippen molar-refractivity contribution in [1.29, 1.82) is 0 Å². The standard InChI is InChI=1S/C19H21N5O2/c1-11(12-5-3-2-4-6-12)20-19(26)22-16-9-14-17(15(10-25)21-16)18(24-23-14)13-7-8-13/h2-6,9,11,13,25H,7-8,10H2,1H3,(H,23,24)(H2,20,21,22,26)/t11-/m1/s1. The maximum atomic E-state index is 12.3. The second-order valence-electron chi connectivity index (χ2n) is 6.65. The molecule has 0 aliphatic heterocycles. The molecule has 7 nitrogen and oxygen atoms in total. The molecule has 1 aromatic carbocycles. The molecule has 1 aliphatic carbocycles. The van der Waals surface area contributed by atoms with Crippen LogP contribution in [0.15, 0.2) is 36.4 Å². The number of hydrogen-bond donors (Lipinski definition) is 4. The van der Waals surface area contributed by atoms with E-state index in [1.807, 2.05) is 37.3 Å². The molecule has 0 radical (unpaired) electrons. The Balaban J connectivity index is 1.52. The van der Waals surface area contributed by atoms with Crippen LogP contribution in [0.25, 0.3) is 10.9 Å². The average molecular weight is 351 g/mol. The van der Waals surface area contributed by atoms with Gasteiger partial charge < -0.3 is 10.4 Å². The summed E-state index contributed by atoms with van der Waals surface area (Å²) in [6.07, 6.45) is 2.25. The van der Waals surface area contributed by atoms with E-state index >= 15 is 0 Å². The van der Waals surface area contributed by atoms with E-state index in [-0.39, 0.29) is 18.7 Å².